The van der Waals surface area contributed by atoms with Crippen molar-refractivity contribution in [2.75, 3.05) is 31.1 Å². The van der Waals surface area contributed by atoms with Gasteiger partial charge in [-0.2, -0.15) is 5.10 Å². The number of anilines is 1. The highest BCUT2D eigenvalue weighted by atomic mass is 79.9. The number of fused-ring (bicyclic) bond motifs is 1. The molecule has 0 atom stereocenters. The number of piperazine rings is 1. The largest absolute Gasteiger partial charge is 0.365 e. The van der Waals surface area contributed by atoms with Crippen LogP contribution in [0.15, 0.2) is 46.9 Å². The first kappa shape index (κ1) is 21.4. The van der Waals surface area contributed by atoms with Gasteiger partial charge in [-0.05, 0) is 56.3 Å². The van der Waals surface area contributed by atoms with Crippen molar-refractivity contribution in [1.29, 1.82) is 0 Å². The summed E-state index contributed by atoms with van der Waals surface area (Å²) in [5.74, 6) is 0.0573. The average molecular weight is 531 g/mol. The molecule has 5 rings (SSSR count). The van der Waals surface area contributed by atoms with Crippen LogP contribution in [0.4, 0.5) is 5.69 Å². The fourth-order valence-corrected chi connectivity index (χ4v) is 5.58. The Labute approximate surface area is 203 Å². The minimum Gasteiger partial charge on any atom is -0.365 e. The molecule has 32 heavy (non-hydrogen) atoms. The first-order valence-electron chi connectivity index (χ1n) is 10.3. The van der Waals surface area contributed by atoms with Gasteiger partial charge in [0.2, 0.25) is 5.13 Å². The van der Waals surface area contributed by atoms with Gasteiger partial charge in [-0.15, -0.1) is 0 Å². The van der Waals surface area contributed by atoms with Crippen LogP contribution in [0.3, 0.4) is 0 Å². The van der Waals surface area contributed by atoms with Gasteiger partial charge < -0.3 is 9.80 Å². The zero-order chi connectivity index (χ0) is 22.4. The third-order valence-corrected chi connectivity index (χ3v) is 7.47. The van der Waals surface area contributed by atoms with E-state index in [0.717, 1.165) is 36.9 Å². The Kier molecular flexibility index (Phi) is 5.69. The Balaban J connectivity index is 1.40. The summed E-state index contributed by atoms with van der Waals surface area (Å²) >= 11 is 11.7. The van der Waals surface area contributed by atoms with E-state index < -0.39 is 0 Å². The van der Waals surface area contributed by atoms with Gasteiger partial charge in [0, 0.05) is 41.9 Å². The average Bonchev–Trinajstić information content (AvgIpc) is 3.36. The SMILES string of the molecule is Cc1cc(C)n(-c2nc3c(N4CCN(C(=O)c5ccc(Br)cc5)CC4)c(Cl)ccc3s2)n1. The number of aryl methyl sites for hydroxylation is 2. The van der Waals surface area contributed by atoms with Crippen molar-refractivity contribution in [3.05, 3.63) is 68.9 Å². The minimum atomic E-state index is 0.0573. The fourth-order valence-electron chi connectivity index (χ4n) is 4.07. The number of hydrogen-bond donors (Lipinski definition) is 0. The lowest BCUT2D eigenvalue weighted by Crippen LogP contribution is -2.49. The lowest BCUT2D eigenvalue weighted by atomic mass is 10.1. The Morgan fingerprint density at radius 3 is 2.44 bits per heavy atom. The Morgan fingerprint density at radius 2 is 1.78 bits per heavy atom. The third-order valence-electron chi connectivity index (χ3n) is 5.64. The van der Waals surface area contributed by atoms with Gasteiger partial charge in [0.15, 0.2) is 0 Å². The molecule has 1 aliphatic rings. The molecule has 1 amide bonds. The molecular weight excluding hydrogens is 510 g/mol. The summed E-state index contributed by atoms with van der Waals surface area (Å²) in [5.41, 5.74) is 4.54. The van der Waals surface area contributed by atoms with E-state index in [2.05, 4.69) is 25.9 Å². The molecule has 0 bridgehead atoms. The molecule has 2 aromatic heterocycles. The molecule has 0 saturated carbocycles. The molecule has 6 nitrogen and oxygen atoms in total. The van der Waals surface area contributed by atoms with Crippen molar-refractivity contribution >= 4 is 60.7 Å². The van der Waals surface area contributed by atoms with Crippen LogP contribution in [0.1, 0.15) is 21.7 Å². The summed E-state index contributed by atoms with van der Waals surface area (Å²) in [6.07, 6.45) is 0. The molecule has 0 aliphatic carbocycles. The minimum absolute atomic E-state index is 0.0573. The van der Waals surface area contributed by atoms with Crippen molar-refractivity contribution in [1.82, 2.24) is 19.7 Å². The molecule has 0 spiro atoms. The predicted octanol–water partition coefficient (Wildman–Crippen LogP) is 5.48. The third kappa shape index (κ3) is 3.91. The van der Waals surface area contributed by atoms with Crippen LogP contribution in [0.25, 0.3) is 15.3 Å². The molecule has 4 aromatic rings. The number of carbonyl (C=O) groups excluding carboxylic acids is 1. The van der Waals surface area contributed by atoms with Crippen LogP contribution in [-0.4, -0.2) is 51.8 Å². The molecule has 2 aromatic carbocycles. The summed E-state index contributed by atoms with van der Waals surface area (Å²) in [6, 6.07) is 13.5. The number of rotatable bonds is 3. The zero-order valence-electron chi connectivity index (χ0n) is 17.7. The van der Waals surface area contributed by atoms with Crippen LogP contribution in [-0.2, 0) is 0 Å². The van der Waals surface area contributed by atoms with Gasteiger partial charge in [0.25, 0.3) is 5.91 Å². The molecule has 0 N–H and O–H groups in total. The maximum Gasteiger partial charge on any atom is 0.253 e. The number of benzene rings is 2. The van der Waals surface area contributed by atoms with Gasteiger partial charge in [-0.1, -0.05) is 38.9 Å². The van der Waals surface area contributed by atoms with E-state index in [1.807, 2.05) is 65.9 Å². The van der Waals surface area contributed by atoms with E-state index in [1.54, 1.807) is 11.3 Å². The highest BCUT2D eigenvalue weighted by Gasteiger charge is 2.26. The number of halogens is 2. The van der Waals surface area contributed by atoms with E-state index >= 15 is 0 Å². The molecule has 9 heteroatoms. The highest BCUT2D eigenvalue weighted by molar-refractivity contribution is 9.10. The number of hydrogen-bond acceptors (Lipinski definition) is 5. The Hall–Kier alpha value is -2.42. The Bertz CT molecular complexity index is 1310. The standard InChI is InChI=1S/C23H21BrClN5OS/c1-14-13-15(2)30(27-14)23-26-20-19(32-23)8-7-18(25)21(20)28-9-11-29(12-10-28)22(31)16-3-5-17(24)6-4-16/h3-8,13H,9-12H2,1-2H3. The molecule has 1 aliphatic heterocycles. The normalized spacial score (nSPS) is 14.4. The number of thiazole rings is 1. The Morgan fingerprint density at radius 1 is 1.06 bits per heavy atom. The second-order valence-corrected chi connectivity index (χ2v) is 10.2. The van der Waals surface area contributed by atoms with Crippen LogP contribution in [0.5, 0.6) is 0 Å². The molecule has 164 valence electrons. The van der Waals surface area contributed by atoms with Gasteiger partial charge >= 0.3 is 0 Å². The van der Waals surface area contributed by atoms with Crippen LogP contribution < -0.4 is 4.90 Å². The molecule has 1 fully saturated rings. The number of amides is 1. The maximum absolute atomic E-state index is 12.9. The topological polar surface area (TPSA) is 54.3 Å². The molecule has 1 saturated heterocycles. The van der Waals surface area contributed by atoms with Crippen molar-refractivity contribution in [3.8, 4) is 5.13 Å². The summed E-state index contributed by atoms with van der Waals surface area (Å²) in [7, 11) is 0. The monoisotopic (exact) mass is 529 g/mol. The number of nitrogens with zero attached hydrogens (tertiary/aromatic N) is 5. The quantitative estimate of drug-likeness (QED) is 0.352. The first-order valence-corrected chi connectivity index (χ1v) is 12.3. The summed E-state index contributed by atoms with van der Waals surface area (Å²) in [5, 5.41) is 6.08. The zero-order valence-corrected chi connectivity index (χ0v) is 20.8. The molecular formula is C23H21BrClN5OS. The lowest BCUT2D eigenvalue weighted by Gasteiger charge is -2.36. The second kappa shape index (κ2) is 8.50. The van der Waals surface area contributed by atoms with Crippen molar-refractivity contribution < 1.29 is 4.79 Å². The summed E-state index contributed by atoms with van der Waals surface area (Å²) in [4.78, 5) is 21.9. The van der Waals surface area contributed by atoms with Crippen LogP contribution in [0, 0.1) is 13.8 Å². The van der Waals surface area contributed by atoms with Crippen molar-refractivity contribution in [3.63, 3.8) is 0 Å². The number of carbonyl (C=O) groups is 1. The molecule has 0 radical (unpaired) electrons. The maximum atomic E-state index is 12.9. The van der Waals surface area contributed by atoms with Crippen LogP contribution in [0.2, 0.25) is 5.02 Å². The van der Waals surface area contributed by atoms with E-state index in [4.69, 9.17) is 16.6 Å². The van der Waals surface area contributed by atoms with E-state index in [0.29, 0.717) is 36.8 Å². The first-order chi connectivity index (χ1) is 15.4. The van der Waals surface area contributed by atoms with Gasteiger partial charge in [0.05, 0.1) is 21.1 Å². The highest BCUT2D eigenvalue weighted by Crippen LogP contribution is 2.38. The van der Waals surface area contributed by atoms with E-state index in [1.165, 1.54) is 0 Å². The molecule has 3 heterocycles. The van der Waals surface area contributed by atoms with Crippen LogP contribution >= 0.6 is 38.9 Å². The van der Waals surface area contributed by atoms with Gasteiger partial charge in [-0.3, -0.25) is 4.79 Å². The molecule has 0 unspecified atom stereocenters. The number of aromatic nitrogens is 3. The second-order valence-electron chi connectivity index (χ2n) is 7.86. The summed E-state index contributed by atoms with van der Waals surface area (Å²) < 4.78 is 3.91. The van der Waals surface area contributed by atoms with E-state index in [9.17, 15) is 4.79 Å². The lowest BCUT2D eigenvalue weighted by molar-refractivity contribution is 0.0747. The fraction of sp³-hybridized carbons (Fsp3) is 0.261. The summed E-state index contributed by atoms with van der Waals surface area (Å²) in [6.45, 7) is 6.68. The van der Waals surface area contributed by atoms with Crippen molar-refractivity contribution in [2.45, 2.75) is 13.8 Å². The predicted molar refractivity (Wildman–Crippen MR) is 133 cm³/mol. The smallest absolute Gasteiger partial charge is 0.253 e. The van der Waals surface area contributed by atoms with E-state index in [-0.39, 0.29) is 5.91 Å². The van der Waals surface area contributed by atoms with Crippen molar-refractivity contribution in [2.24, 2.45) is 0 Å². The van der Waals surface area contributed by atoms with Gasteiger partial charge in [0.1, 0.15) is 5.52 Å². The van der Waals surface area contributed by atoms with Gasteiger partial charge in [-0.25, -0.2) is 9.67 Å².